The van der Waals surface area contributed by atoms with Gasteiger partial charge in [0.2, 0.25) is 0 Å². The summed E-state index contributed by atoms with van der Waals surface area (Å²) in [5.74, 6) is 0. The molecule has 0 fully saturated rings. The summed E-state index contributed by atoms with van der Waals surface area (Å²) in [5.41, 5.74) is 7.44. The van der Waals surface area contributed by atoms with Gasteiger partial charge in [0.25, 0.3) is 0 Å². The SMILES string of the molecule is NCCCCNCc1cnc2cnc(Br)cn12. The van der Waals surface area contributed by atoms with Crippen molar-refractivity contribution in [3.8, 4) is 0 Å². The Morgan fingerprint density at radius 1 is 1.29 bits per heavy atom. The Kier molecular flexibility index (Phi) is 4.47. The van der Waals surface area contributed by atoms with Crippen LogP contribution >= 0.6 is 15.9 Å². The molecule has 5 nitrogen and oxygen atoms in total. The topological polar surface area (TPSA) is 68.2 Å². The van der Waals surface area contributed by atoms with E-state index in [0.717, 1.165) is 48.4 Å². The van der Waals surface area contributed by atoms with Crippen molar-refractivity contribution in [1.82, 2.24) is 19.7 Å². The van der Waals surface area contributed by atoms with Crippen molar-refractivity contribution >= 4 is 21.6 Å². The number of nitrogens with zero attached hydrogens (tertiary/aromatic N) is 3. The number of rotatable bonds is 6. The second-order valence-corrected chi connectivity index (χ2v) is 4.67. The lowest BCUT2D eigenvalue weighted by molar-refractivity contribution is 0.618. The van der Waals surface area contributed by atoms with E-state index in [2.05, 4.69) is 31.2 Å². The maximum Gasteiger partial charge on any atom is 0.155 e. The van der Waals surface area contributed by atoms with Crippen LogP contribution in [-0.2, 0) is 6.54 Å². The molecule has 92 valence electrons. The first-order chi connectivity index (χ1) is 8.31. The molecule has 2 aromatic rings. The first-order valence-electron chi connectivity index (χ1n) is 5.69. The van der Waals surface area contributed by atoms with Gasteiger partial charge in [-0.15, -0.1) is 0 Å². The van der Waals surface area contributed by atoms with Crippen molar-refractivity contribution in [2.45, 2.75) is 19.4 Å². The molecule has 2 rings (SSSR count). The van der Waals surface area contributed by atoms with Gasteiger partial charge in [0.15, 0.2) is 5.65 Å². The number of hydrogen-bond acceptors (Lipinski definition) is 4. The molecule has 2 heterocycles. The molecule has 0 saturated carbocycles. The van der Waals surface area contributed by atoms with E-state index in [9.17, 15) is 0 Å². The highest BCUT2D eigenvalue weighted by molar-refractivity contribution is 9.10. The highest BCUT2D eigenvalue weighted by Gasteiger charge is 2.03. The second-order valence-electron chi connectivity index (χ2n) is 3.86. The minimum absolute atomic E-state index is 0.760. The predicted octanol–water partition coefficient (Wildman–Crippen LogP) is 1.32. The molecule has 17 heavy (non-hydrogen) atoms. The first-order valence-corrected chi connectivity index (χ1v) is 6.49. The van der Waals surface area contributed by atoms with Crippen molar-refractivity contribution in [3.05, 3.63) is 28.9 Å². The van der Waals surface area contributed by atoms with E-state index in [1.165, 1.54) is 0 Å². The van der Waals surface area contributed by atoms with Crippen LogP contribution in [-0.4, -0.2) is 27.5 Å². The highest BCUT2D eigenvalue weighted by atomic mass is 79.9. The minimum Gasteiger partial charge on any atom is -0.330 e. The van der Waals surface area contributed by atoms with E-state index in [1.54, 1.807) is 6.20 Å². The summed E-state index contributed by atoms with van der Waals surface area (Å²) >= 11 is 3.36. The van der Waals surface area contributed by atoms with Gasteiger partial charge in [-0.05, 0) is 41.9 Å². The minimum atomic E-state index is 0.760. The Morgan fingerprint density at radius 3 is 3.00 bits per heavy atom. The summed E-state index contributed by atoms with van der Waals surface area (Å²) in [4.78, 5) is 8.43. The van der Waals surface area contributed by atoms with E-state index in [4.69, 9.17) is 5.73 Å². The van der Waals surface area contributed by atoms with E-state index in [1.807, 2.05) is 16.8 Å². The number of fused-ring (bicyclic) bond motifs is 1. The second kappa shape index (κ2) is 6.09. The van der Waals surface area contributed by atoms with Crippen molar-refractivity contribution < 1.29 is 0 Å². The largest absolute Gasteiger partial charge is 0.330 e. The van der Waals surface area contributed by atoms with Crippen LogP contribution in [0.2, 0.25) is 0 Å². The third kappa shape index (κ3) is 3.24. The Morgan fingerprint density at radius 2 is 2.18 bits per heavy atom. The maximum atomic E-state index is 5.44. The van der Waals surface area contributed by atoms with Gasteiger partial charge in [-0.1, -0.05) is 0 Å². The molecule has 6 heteroatoms. The third-order valence-corrected chi connectivity index (χ3v) is 2.96. The Balaban J connectivity index is 1.96. The average molecular weight is 298 g/mol. The highest BCUT2D eigenvalue weighted by Crippen LogP contribution is 2.10. The zero-order valence-electron chi connectivity index (χ0n) is 9.56. The number of nitrogens with one attached hydrogen (secondary N) is 1. The van der Waals surface area contributed by atoms with E-state index < -0.39 is 0 Å². The molecule has 0 aliphatic heterocycles. The average Bonchev–Trinajstić information content (AvgIpc) is 2.72. The van der Waals surface area contributed by atoms with Crippen molar-refractivity contribution in [2.75, 3.05) is 13.1 Å². The Labute approximate surface area is 109 Å². The molecule has 0 unspecified atom stereocenters. The van der Waals surface area contributed by atoms with Gasteiger partial charge in [0.1, 0.15) is 4.60 Å². The molecule has 0 amide bonds. The number of unbranched alkanes of at least 4 members (excludes halogenated alkanes) is 1. The quantitative estimate of drug-likeness (QED) is 0.789. The van der Waals surface area contributed by atoms with Crippen molar-refractivity contribution in [3.63, 3.8) is 0 Å². The molecule has 2 aromatic heterocycles. The summed E-state index contributed by atoms with van der Waals surface area (Å²) < 4.78 is 2.85. The zero-order chi connectivity index (χ0) is 12.1. The van der Waals surface area contributed by atoms with Gasteiger partial charge in [-0.2, -0.15) is 0 Å². The number of imidazole rings is 1. The fraction of sp³-hybridized carbons (Fsp3) is 0.455. The predicted molar refractivity (Wildman–Crippen MR) is 70.7 cm³/mol. The molecule has 0 aliphatic carbocycles. The number of halogens is 1. The van der Waals surface area contributed by atoms with Crippen molar-refractivity contribution in [2.24, 2.45) is 5.73 Å². The van der Waals surface area contributed by atoms with Crippen molar-refractivity contribution in [1.29, 1.82) is 0 Å². The van der Waals surface area contributed by atoms with Gasteiger partial charge in [-0.25, -0.2) is 9.97 Å². The summed E-state index contributed by atoms with van der Waals surface area (Å²) in [6.45, 7) is 2.55. The molecule has 0 aromatic carbocycles. The number of aromatic nitrogens is 3. The maximum absolute atomic E-state index is 5.44. The molecule has 0 radical (unpaired) electrons. The van der Waals surface area contributed by atoms with E-state index in [0.29, 0.717) is 0 Å². The first kappa shape index (κ1) is 12.5. The Bertz CT molecular complexity index is 482. The molecule has 3 N–H and O–H groups in total. The molecule has 0 spiro atoms. The molecule has 0 aliphatic rings. The van der Waals surface area contributed by atoms with Gasteiger partial charge in [0.05, 0.1) is 18.1 Å². The number of hydrogen-bond donors (Lipinski definition) is 2. The fourth-order valence-corrected chi connectivity index (χ4v) is 1.96. The van der Waals surface area contributed by atoms with E-state index >= 15 is 0 Å². The molecule has 0 atom stereocenters. The van der Waals surface area contributed by atoms with Crippen LogP contribution in [0.15, 0.2) is 23.2 Å². The summed E-state index contributed by atoms with van der Waals surface area (Å²) in [5, 5.41) is 3.38. The van der Waals surface area contributed by atoms with E-state index in [-0.39, 0.29) is 0 Å². The molecular formula is C11H16BrN5. The van der Waals surface area contributed by atoms with Crippen LogP contribution in [0.25, 0.3) is 5.65 Å². The smallest absolute Gasteiger partial charge is 0.155 e. The normalized spacial score (nSPS) is 11.2. The lowest BCUT2D eigenvalue weighted by Crippen LogP contribution is -2.16. The summed E-state index contributed by atoms with van der Waals surface area (Å²) in [6, 6.07) is 0. The fourth-order valence-electron chi connectivity index (χ4n) is 1.66. The number of nitrogens with two attached hydrogens (primary N) is 1. The van der Waals surface area contributed by atoms with Gasteiger partial charge in [0, 0.05) is 12.7 Å². The summed E-state index contributed by atoms with van der Waals surface area (Å²) in [7, 11) is 0. The lowest BCUT2D eigenvalue weighted by atomic mass is 10.3. The van der Waals surface area contributed by atoms with Gasteiger partial charge in [-0.3, -0.25) is 4.40 Å². The van der Waals surface area contributed by atoms with Crippen LogP contribution in [0.3, 0.4) is 0 Å². The van der Waals surface area contributed by atoms with Crippen LogP contribution in [0, 0.1) is 0 Å². The molecular weight excluding hydrogens is 282 g/mol. The monoisotopic (exact) mass is 297 g/mol. The van der Waals surface area contributed by atoms with Gasteiger partial charge >= 0.3 is 0 Å². The van der Waals surface area contributed by atoms with Crippen LogP contribution in [0.5, 0.6) is 0 Å². The van der Waals surface area contributed by atoms with Crippen LogP contribution in [0.4, 0.5) is 0 Å². The van der Waals surface area contributed by atoms with Gasteiger partial charge < -0.3 is 11.1 Å². The molecule has 0 bridgehead atoms. The third-order valence-electron chi connectivity index (χ3n) is 2.55. The molecule has 0 saturated heterocycles. The lowest BCUT2D eigenvalue weighted by Gasteiger charge is -2.04. The standard InChI is InChI=1S/C11H16BrN5/c12-10-8-17-9(5-14-4-2-1-3-13)6-16-11(17)7-15-10/h6-8,14H,1-5,13H2. The van der Waals surface area contributed by atoms with Crippen LogP contribution < -0.4 is 11.1 Å². The zero-order valence-corrected chi connectivity index (χ0v) is 11.2. The summed E-state index contributed by atoms with van der Waals surface area (Å²) in [6.07, 6.45) is 7.73. The van der Waals surface area contributed by atoms with Crippen LogP contribution in [0.1, 0.15) is 18.5 Å². The Hall–Kier alpha value is -0.980.